The van der Waals surface area contributed by atoms with Gasteiger partial charge in [-0.15, -0.1) is 0 Å². The summed E-state index contributed by atoms with van der Waals surface area (Å²) in [6.07, 6.45) is 4.51. The third-order valence-corrected chi connectivity index (χ3v) is 4.02. The van der Waals surface area contributed by atoms with Crippen molar-refractivity contribution in [3.63, 3.8) is 0 Å². The fourth-order valence-corrected chi connectivity index (χ4v) is 3.07. The molecule has 21 heavy (non-hydrogen) atoms. The van der Waals surface area contributed by atoms with E-state index >= 15 is 0 Å². The minimum atomic E-state index is -0.385. The molecule has 1 fully saturated rings. The third kappa shape index (κ3) is 4.31. The number of benzene rings is 1. The lowest BCUT2D eigenvalue weighted by Crippen LogP contribution is -2.36. The van der Waals surface area contributed by atoms with Gasteiger partial charge in [0.05, 0.1) is 12.5 Å². The fraction of sp³-hybridized carbons (Fsp3) is 0.529. The number of nitrogens with one attached hydrogen (secondary N) is 1. The molecular formula is C17H23NO3. The highest BCUT2D eigenvalue weighted by molar-refractivity contribution is 5.87. The summed E-state index contributed by atoms with van der Waals surface area (Å²) >= 11 is 0. The second-order valence-corrected chi connectivity index (χ2v) is 5.46. The van der Waals surface area contributed by atoms with Gasteiger partial charge in [0.25, 0.3) is 0 Å². The Bertz CT molecular complexity index is 466. The van der Waals surface area contributed by atoms with Crippen LogP contribution in [0, 0.1) is 5.92 Å². The Hall–Kier alpha value is -1.84. The highest BCUT2D eigenvalue weighted by Gasteiger charge is 2.31. The van der Waals surface area contributed by atoms with Gasteiger partial charge in [-0.3, -0.25) is 9.59 Å². The predicted octanol–water partition coefficient (Wildman–Crippen LogP) is 2.64. The first-order valence-electron chi connectivity index (χ1n) is 7.70. The highest BCUT2D eigenvalue weighted by Crippen LogP contribution is 2.37. The molecule has 114 valence electrons. The number of hydrogen-bond donors (Lipinski definition) is 1. The Labute approximate surface area is 125 Å². The topological polar surface area (TPSA) is 55.4 Å². The fourth-order valence-electron chi connectivity index (χ4n) is 3.07. The van der Waals surface area contributed by atoms with Crippen molar-refractivity contribution in [3.05, 3.63) is 35.9 Å². The average molecular weight is 289 g/mol. The van der Waals surface area contributed by atoms with E-state index < -0.39 is 0 Å². The van der Waals surface area contributed by atoms with E-state index in [1.54, 1.807) is 6.92 Å². The van der Waals surface area contributed by atoms with Crippen LogP contribution < -0.4 is 5.32 Å². The molecule has 2 rings (SSSR count). The Kier molecular flexibility index (Phi) is 5.78. The van der Waals surface area contributed by atoms with Crippen LogP contribution in [0.15, 0.2) is 30.3 Å². The summed E-state index contributed by atoms with van der Waals surface area (Å²) in [6.45, 7) is 2.03. The molecule has 4 heteroatoms. The minimum absolute atomic E-state index is 0.0529. The lowest BCUT2D eigenvalue weighted by Gasteiger charge is -2.23. The van der Waals surface area contributed by atoms with Crippen molar-refractivity contribution < 1.29 is 14.3 Å². The summed E-state index contributed by atoms with van der Waals surface area (Å²) in [5.74, 6) is -0.247. The standard InChI is InChI=1S/C17H23NO3/c1-2-21-15(19)12-18-17(20)16(14-10-6-7-11-14)13-8-4-3-5-9-13/h3-5,8-9,14,16H,2,6-7,10-12H2,1H3,(H,18,20). The predicted molar refractivity (Wildman–Crippen MR) is 80.8 cm³/mol. The van der Waals surface area contributed by atoms with Gasteiger partial charge in [-0.05, 0) is 31.2 Å². The van der Waals surface area contributed by atoms with Gasteiger partial charge in [0.15, 0.2) is 0 Å². The van der Waals surface area contributed by atoms with Crippen molar-refractivity contribution in [3.8, 4) is 0 Å². The highest BCUT2D eigenvalue weighted by atomic mass is 16.5. The van der Waals surface area contributed by atoms with Crippen molar-refractivity contribution in [2.24, 2.45) is 5.92 Å². The summed E-state index contributed by atoms with van der Waals surface area (Å²) < 4.78 is 4.85. The van der Waals surface area contributed by atoms with Gasteiger partial charge in [-0.2, -0.15) is 0 Å². The molecule has 1 aromatic carbocycles. The monoisotopic (exact) mass is 289 g/mol. The molecule has 1 saturated carbocycles. The van der Waals surface area contributed by atoms with Crippen molar-refractivity contribution in [2.75, 3.05) is 13.2 Å². The van der Waals surface area contributed by atoms with Crippen LogP contribution in [-0.4, -0.2) is 25.0 Å². The number of amides is 1. The van der Waals surface area contributed by atoms with E-state index in [1.807, 2.05) is 30.3 Å². The maximum Gasteiger partial charge on any atom is 0.325 e. The molecular weight excluding hydrogens is 266 g/mol. The Morgan fingerprint density at radius 2 is 1.90 bits per heavy atom. The molecule has 1 atom stereocenters. The molecule has 1 N–H and O–H groups in total. The van der Waals surface area contributed by atoms with E-state index in [0.29, 0.717) is 12.5 Å². The van der Waals surface area contributed by atoms with Gasteiger partial charge < -0.3 is 10.1 Å². The molecule has 1 aliphatic rings. The van der Waals surface area contributed by atoms with Crippen LogP contribution in [0.4, 0.5) is 0 Å². The van der Waals surface area contributed by atoms with Gasteiger partial charge in [-0.1, -0.05) is 43.2 Å². The average Bonchev–Trinajstić information content (AvgIpc) is 3.01. The summed E-state index contributed by atoms with van der Waals surface area (Å²) in [5, 5.41) is 2.73. The lowest BCUT2D eigenvalue weighted by atomic mass is 9.84. The molecule has 1 unspecified atom stereocenters. The quantitative estimate of drug-likeness (QED) is 0.819. The van der Waals surface area contributed by atoms with Crippen LogP contribution in [0.5, 0.6) is 0 Å². The number of hydrogen-bond acceptors (Lipinski definition) is 3. The molecule has 0 heterocycles. The molecule has 1 aromatic rings. The maximum absolute atomic E-state index is 12.5. The molecule has 1 aliphatic carbocycles. The van der Waals surface area contributed by atoms with Crippen molar-refractivity contribution in [2.45, 2.75) is 38.5 Å². The Balaban J connectivity index is 2.04. The third-order valence-electron chi connectivity index (χ3n) is 4.02. The molecule has 4 nitrogen and oxygen atoms in total. The Morgan fingerprint density at radius 1 is 1.24 bits per heavy atom. The van der Waals surface area contributed by atoms with Gasteiger partial charge in [0, 0.05) is 0 Å². The van der Waals surface area contributed by atoms with E-state index in [1.165, 1.54) is 12.8 Å². The second-order valence-electron chi connectivity index (χ2n) is 5.46. The summed E-state index contributed by atoms with van der Waals surface area (Å²) in [6, 6.07) is 9.84. The van der Waals surface area contributed by atoms with Gasteiger partial charge >= 0.3 is 5.97 Å². The molecule has 0 aliphatic heterocycles. The van der Waals surface area contributed by atoms with Crippen LogP contribution in [0.2, 0.25) is 0 Å². The van der Waals surface area contributed by atoms with Gasteiger partial charge in [0.2, 0.25) is 5.91 Å². The maximum atomic E-state index is 12.5. The largest absolute Gasteiger partial charge is 0.465 e. The number of carbonyl (C=O) groups excluding carboxylic acids is 2. The van der Waals surface area contributed by atoms with E-state index in [2.05, 4.69) is 5.32 Å². The number of carbonyl (C=O) groups is 2. The first-order chi connectivity index (χ1) is 10.2. The summed E-state index contributed by atoms with van der Waals surface area (Å²) in [5.41, 5.74) is 1.03. The first-order valence-corrected chi connectivity index (χ1v) is 7.70. The normalized spacial score (nSPS) is 16.4. The number of esters is 1. The molecule has 0 radical (unpaired) electrons. The van der Waals surface area contributed by atoms with E-state index in [4.69, 9.17) is 4.74 Å². The Morgan fingerprint density at radius 3 is 2.52 bits per heavy atom. The molecule has 0 saturated heterocycles. The molecule has 0 spiro atoms. The van der Waals surface area contributed by atoms with E-state index in [9.17, 15) is 9.59 Å². The number of ether oxygens (including phenoxy) is 1. The van der Waals surface area contributed by atoms with Crippen LogP contribution in [0.3, 0.4) is 0 Å². The summed E-state index contributed by atoms with van der Waals surface area (Å²) in [4.78, 5) is 23.9. The van der Waals surface area contributed by atoms with Crippen LogP contribution in [0.1, 0.15) is 44.1 Å². The second kappa shape index (κ2) is 7.81. The zero-order chi connectivity index (χ0) is 15.1. The van der Waals surface area contributed by atoms with Gasteiger partial charge in [0.1, 0.15) is 6.54 Å². The van der Waals surface area contributed by atoms with Crippen LogP contribution in [0.25, 0.3) is 0 Å². The molecule has 0 bridgehead atoms. The van der Waals surface area contributed by atoms with E-state index in [0.717, 1.165) is 18.4 Å². The smallest absolute Gasteiger partial charge is 0.325 e. The zero-order valence-corrected chi connectivity index (χ0v) is 12.5. The van der Waals surface area contributed by atoms with E-state index in [-0.39, 0.29) is 24.3 Å². The summed E-state index contributed by atoms with van der Waals surface area (Å²) in [7, 11) is 0. The van der Waals surface area contributed by atoms with Crippen molar-refractivity contribution in [1.29, 1.82) is 0 Å². The molecule has 0 aromatic heterocycles. The minimum Gasteiger partial charge on any atom is -0.465 e. The zero-order valence-electron chi connectivity index (χ0n) is 12.5. The SMILES string of the molecule is CCOC(=O)CNC(=O)C(c1ccccc1)C1CCCC1. The van der Waals surface area contributed by atoms with Crippen LogP contribution in [-0.2, 0) is 14.3 Å². The van der Waals surface area contributed by atoms with Crippen LogP contribution >= 0.6 is 0 Å². The van der Waals surface area contributed by atoms with Crippen molar-refractivity contribution in [1.82, 2.24) is 5.32 Å². The van der Waals surface area contributed by atoms with Crippen molar-refractivity contribution >= 4 is 11.9 Å². The molecule has 1 amide bonds. The van der Waals surface area contributed by atoms with Gasteiger partial charge in [-0.25, -0.2) is 0 Å². The lowest BCUT2D eigenvalue weighted by molar-refractivity contribution is -0.143. The number of rotatable bonds is 6. The first kappa shape index (κ1) is 15.5.